The predicted molar refractivity (Wildman–Crippen MR) is 156 cm³/mol. The number of piperidine rings is 1. The Balaban J connectivity index is 1.08. The summed E-state index contributed by atoms with van der Waals surface area (Å²) in [6.45, 7) is 9.20. The topological polar surface area (TPSA) is 69.6 Å². The number of carbonyl (C=O) groups excluding carboxylic acids is 2. The number of aromatic nitrogens is 2. The van der Waals surface area contributed by atoms with Crippen LogP contribution in [0.25, 0.3) is 0 Å². The molecule has 0 N–H and O–H groups in total. The number of hydrogen-bond acceptors (Lipinski definition) is 5. The molecule has 4 heterocycles. The minimum atomic E-state index is 0.0151. The summed E-state index contributed by atoms with van der Waals surface area (Å²) in [7, 11) is 0. The molecule has 7 heteroatoms. The first-order valence-corrected chi connectivity index (χ1v) is 15.3. The van der Waals surface area contributed by atoms with Gasteiger partial charge in [-0.3, -0.25) is 14.5 Å². The summed E-state index contributed by atoms with van der Waals surface area (Å²) >= 11 is 0. The Labute approximate surface area is 238 Å². The van der Waals surface area contributed by atoms with E-state index in [2.05, 4.69) is 56.3 Å². The van der Waals surface area contributed by atoms with Gasteiger partial charge in [0.25, 0.3) is 5.91 Å². The van der Waals surface area contributed by atoms with E-state index in [9.17, 15) is 9.59 Å². The highest BCUT2D eigenvalue weighted by molar-refractivity contribution is 5.97. The lowest BCUT2D eigenvalue weighted by molar-refractivity contribution is -0.133. The number of nitrogens with zero attached hydrogens (tertiary/aromatic N) is 5. The van der Waals surface area contributed by atoms with Gasteiger partial charge in [0.15, 0.2) is 0 Å². The molecule has 1 saturated carbocycles. The first-order chi connectivity index (χ1) is 19.4. The highest BCUT2D eigenvalue weighted by atomic mass is 16.2. The van der Waals surface area contributed by atoms with E-state index in [0.717, 1.165) is 76.3 Å². The monoisotopic (exact) mass is 541 g/mol. The van der Waals surface area contributed by atoms with Crippen molar-refractivity contribution in [2.24, 2.45) is 11.8 Å². The van der Waals surface area contributed by atoms with Crippen molar-refractivity contribution in [1.82, 2.24) is 24.7 Å². The first-order valence-electron chi connectivity index (χ1n) is 15.3. The second-order valence-corrected chi connectivity index (χ2v) is 12.6. The van der Waals surface area contributed by atoms with Gasteiger partial charge >= 0.3 is 0 Å². The summed E-state index contributed by atoms with van der Waals surface area (Å²) in [5.41, 5.74) is 5.01. The van der Waals surface area contributed by atoms with Gasteiger partial charge in [0.05, 0.1) is 17.0 Å². The van der Waals surface area contributed by atoms with E-state index in [1.807, 2.05) is 18.7 Å². The standard InChI is InChI=1S/C33H43N5O2/c1-24-31(25(2)35-23-34-24)32(40)38-21-27-19-36(20-28(27)22-38)15-12-33(29-10-4-3-5-11-29)13-16-37(17-14-33)30(39)18-26-8-6-7-9-26/h3-5,10-11,21,23,26,28H,6-9,12-20,22H2,1-2H3. The van der Waals surface area contributed by atoms with Crippen molar-refractivity contribution in [1.29, 1.82) is 0 Å². The molecule has 40 heavy (non-hydrogen) atoms. The van der Waals surface area contributed by atoms with Crippen LogP contribution in [0.4, 0.5) is 0 Å². The molecule has 212 valence electrons. The van der Waals surface area contributed by atoms with Gasteiger partial charge in [-0.15, -0.1) is 0 Å². The fourth-order valence-electron chi connectivity index (χ4n) is 7.67. The summed E-state index contributed by atoms with van der Waals surface area (Å²) < 4.78 is 0. The van der Waals surface area contributed by atoms with Gasteiger partial charge in [0, 0.05) is 51.3 Å². The van der Waals surface area contributed by atoms with E-state index in [1.54, 1.807) is 0 Å². The summed E-state index contributed by atoms with van der Waals surface area (Å²) in [6, 6.07) is 11.0. The molecule has 2 aromatic rings. The Bertz CT molecular complexity index is 1240. The van der Waals surface area contributed by atoms with Crippen LogP contribution in [0.15, 0.2) is 48.4 Å². The van der Waals surface area contributed by atoms with Crippen molar-refractivity contribution < 1.29 is 9.59 Å². The normalized spacial score (nSPS) is 22.9. The van der Waals surface area contributed by atoms with Crippen molar-refractivity contribution in [2.75, 3.05) is 39.3 Å². The van der Waals surface area contributed by atoms with Crippen molar-refractivity contribution in [3.8, 4) is 0 Å². The molecular weight excluding hydrogens is 498 g/mol. The Morgan fingerprint density at radius 3 is 2.35 bits per heavy atom. The molecule has 4 aliphatic rings. The van der Waals surface area contributed by atoms with Gasteiger partial charge in [-0.05, 0) is 75.0 Å². The van der Waals surface area contributed by atoms with E-state index in [4.69, 9.17) is 0 Å². The van der Waals surface area contributed by atoms with E-state index < -0.39 is 0 Å². The van der Waals surface area contributed by atoms with Crippen LogP contribution in [-0.4, -0.2) is 75.8 Å². The maximum absolute atomic E-state index is 13.3. The third-order valence-electron chi connectivity index (χ3n) is 10.2. The van der Waals surface area contributed by atoms with Crippen LogP contribution in [0.2, 0.25) is 0 Å². The Morgan fingerprint density at radius 2 is 1.68 bits per heavy atom. The summed E-state index contributed by atoms with van der Waals surface area (Å²) in [4.78, 5) is 41.4. The Morgan fingerprint density at radius 1 is 0.975 bits per heavy atom. The average molecular weight is 542 g/mol. The maximum atomic E-state index is 13.3. The highest BCUT2D eigenvalue weighted by Crippen LogP contribution is 2.40. The molecule has 0 bridgehead atoms. The molecule has 3 aliphatic heterocycles. The molecule has 1 aromatic carbocycles. The molecule has 1 aromatic heterocycles. The quantitative estimate of drug-likeness (QED) is 0.499. The zero-order valence-corrected chi connectivity index (χ0v) is 24.1. The maximum Gasteiger partial charge on any atom is 0.261 e. The number of aryl methyl sites for hydroxylation is 2. The van der Waals surface area contributed by atoms with Crippen molar-refractivity contribution in [2.45, 2.75) is 70.6 Å². The average Bonchev–Trinajstić information content (AvgIpc) is 3.70. The number of amides is 2. The summed E-state index contributed by atoms with van der Waals surface area (Å²) in [5.74, 6) is 1.40. The van der Waals surface area contributed by atoms with Crippen LogP contribution in [0.1, 0.15) is 78.7 Å². The predicted octanol–water partition coefficient (Wildman–Crippen LogP) is 4.90. The van der Waals surface area contributed by atoms with Crippen molar-refractivity contribution in [3.05, 3.63) is 70.9 Å². The van der Waals surface area contributed by atoms with Gasteiger partial charge in [-0.25, -0.2) is 9.97 Å². The number of carbonyl (C=O) groups is 2. The van der Waals surface area contributed by atoms with Crippen molar-refractivity contribution >= 4 is 11.8 Å². The van der Waals surface area contributed by atoms with Crippen LogP contribution >= 0.6 is 0 Å². The number of fused-ring (bicyclic) bond motifs is 1. The Hall–Kier alpha value is -3.06. The van der Waals surface area contributed by atoms with Crippen LogP contribution < -0.4 is 0 Å². The highest BCUT2D eigenvalue weighted by Gasteiger charge is 2.40. The van der Waals surface area contributed by atoms with Gasteiger partial charge in [-0.1, -0.05) is 43.2 Å². The second kappa shape index (κ2) is 11.4. The summed E-state index contributed by atoms with van der Waals surface area (Å²) in [6.07, 6.45) is 12.6. The second-order valence-electron chi connectivity index (χ2n) is 12.6. The van der Waals surface area contributed by atoms with E-state index in [0.29, 0.717) is 23.3 Å². The third kappa shape index (κ3) is 5.45. The van der Waals surface area contributed by atoms with E-state index in [1.165, 1.54) is 43.1 Å². The van der Waals surface area contributed by atoms with Crippen LogP contribution in [-0.2, 0) is 10.2 Å². The van der Waals surface area contributed by atoms with Gasteiger partial charge in [0.2, 0.25) is 5.91 Å². The minimum absolute atomic E-state index is 0.0151. The fraction of sp³-hybridized carbons (Fsp3) is 0.576. The van der Waals surface area contributed by atoms with Gasteiger partial charge in [0.1, 0.15) is 6.33 Å². The molecule has 1 aliphatic carbocycles. The number of hydrogen-bond donors (Lipinski definition) is 0. The smallest absolute Gasteiger partial charge is 0.261 e. The molecule has 7 nitrogen and oxygen atoms in total. The minimum Gasteiger partial charge on any atom is -0.343 e. The molecular formula is C33H43N5O2. The zero-order valence-electron chi connectivity index (χ0n) is 24.1. The van der Waals surface area contributed by atoms with Crippen molar-refractivity contribution in [3.63, 3.8) is 0 Å². The molecule has 1 atom stereocenters. The van der Waals surface area contributed by atoms with E-state index in [-0.39, 0.29) is 11.3 Å². The Kier molecular flexibility index (Phi) is 7.76. The number of benzene rings is 1. The number of rotatable bonds is 7. The molecule has 1 unspecified atom stereocenters. The lowest BCUT2D eigenvalue weighted by atomic mass is 9.70. The number of likely N-dealkylation sites (tertiary alicyclic amines) is 2. The SMILES string of the molecule is Cc1ncnc(C)c1C(=O)N1C=C2CN(CCC3(c4ccccc4)CCN(C(=O)CC4CCCC4)CC3)CC2C1. The molecule has 0 radical (unpaired) electrons. The molecule has 2 amide bonds. The van der Waals surface area contributed by atoms with E-state index >= 15 is 0 Å². The largest absolute Gasteiger partial charge is 0.343 e. The van der Waals surface area contributed by atoms with Crippen LogP contribution in [0, 0.1) is 25.7 Å². The first kappa shape index (κ1) is 27.1. The molecule has 0 spiro atoms. The van der Waals surface area contributed by atoms with Crippen LogP contribution in [0.3, 0.4) is 0 Å². The summed E-state index contributed by atoms with van der Waals surface area (Å²) in [5, 5.41) is 0. The van der Waals surface area contributed by atoms with Crippen LogP contribution in [0.5, 0.6) is 0 Å². The van der Waals surface area contributed by atoms with Gasteiger partial charge in [-0.2, -0.15) is 0 Å². The zero-order chi connectivity index (χ0) is 27.7. The lowest BCUT2D eigenvalue weighted by Gasteiger charge is -2.43. The molecule has 6 rings (SSSR count). The molecule has 2 saturated heterocycles. The van der Waals surface area contributed by atoms with Gasteiger partial charge < -0.3 is 9.80 Å². The lowest BCUT2D eigenvalue weighted by Crippen LogP contribution is -2.46. The molecule has 3 fully saturated rings. The fourth-order valence-corrected chi connectivity index (χ4v) is 7.67. The third-order valence-corrected chi connectivity index (χ3v) is 10.2.